The van der Waals surface area contributed by atoms with Gasteiger partial charge in [0.25, 0.3) is 11.5 Å². The lowest BCUT2D eigenvalue weighted by atomic mass is 10.0. The van der Waals surface area contributed by atoms with E-state index >= 15 is 0 Å². The summed E-state index contributed by atoms with van der Waals surface area (Å²) in [6.07, 6.45) is 0.757. The minimum Gasteiger partial charge on any atom is -0.351 e. The number of aromatic nitrogens is 2. The van der Waals surface area contributed by atoms with Gasteiger partial charge in [0.2, 0.25) is 0 Å². The van der Waals surface area contributed by atoms with Gasteiger partial charge in [0, 0.05) is 29.4 Å². The highest BCUT2D eigenvalue weighted by Crippen LogP contribution is 2.32. The minimum atomic E-state index is -0.188. The Morgan fingerprint density at radius 2 is 1.75 bits per heavy atom. The van der Waals surface area contributed by atoms with Crippen molar-refractivity contribution in [1.29, 1.82) is 0 Å². The summed E-state index contributed by atoms with van der Waals surface area (Å²) in [5.74, 6) is -0.176. The van der Waals surface area contributed by atoms with Gasteiger partial charge in [-0.15, -0.1) is 0 Å². The number of allylic oxidation sites excluding steroid dienone is 2. The first kappa shape index (κ1) is 12.9. The Bertz CT molecular complexity index is 863. The first-order valence-corrected chi connectivity index (χ1v) is 6.86. The van der Waals surface area contributed by atoms with Crippen molar-refractivity contribution in [3.63, 3.8) is 0 Å². The summed E-state index contributed by atoms with van der Waals surface area (Å²) in [6.45, 7) is 7.74. The molecule has 0 N–H and O–H groups in total. The van der Waals surface area contributed by atoms with Crippen LogP contribution in [0.3, 0.4) is 0 Å². The maximum Gasteiger partial charge on any atom is 0.267 e. The van der Waals surface area contributed by atoms with E-state index in [-0.39, 0.29) is 11.5 Å². The first-order valence-electron chi connectivity index (χ1n) is 6.86. The van der Waals surface area contributed by atoms with Crippen LogP contribution in [0.2, 0.25) is 0 Å². The van der Waals surface area contributed by atoms with Crippen molar-refractivity contribution in [2.45, 2.75) is 34.1 Å². The third kappa shape index (κ3) is 1.31. The van der Waals surface area contributed by atoms with Crippen LogP contribution in [0.4, 0.5) is 0 Å². The van der Waals surface area contributed by atoms with Gasteiger partial charge in [-0.3, -0.25) is 9.59 Å². The summed E-state index contributed by atoms with van der Waals surface area (Å²) in [7, 11) is 1.95. The largest absolute Gasteiger partial charge is 0.351 e. The van der Waals surface area contributed by atoms with Crippen LogP contribution in [0.15, 0.2) is 16.4 Å². The molecule has 0 atom stereocenters. The third-order valence-corrected chi connectivity index (χ3v) is 4.61. The second-order valence-electron chi connectivity index (χ2n) is 5.45. The molecule has 4 heteroatoms. The molecule has 0 spiro atoms. The molecular formula is C16H18N2O2. The van der Waals surface area contributed by atoms with Crippen LogP contribution < -0.4 is 5.56 Å². The summed E-state index contributed by atoms with van der Waals surface area (Å²) in [5, 5.41) is 1.61. The predicted molar refractivity (Wildman–Crippen MR) is 80.2 cm³/mol. The number of pyridine rings is 1. The van der Waals surface area contributed by atoms with E-state index in [2.05, 4.69) is 0 Å². The van der Waals surface area contributed by atoms with Crippen LogP contribution in [0, 0.1) is 13.8 Å². The highest BCUT2D eigenvalue weighted by atomic mass is 16.2. The van der Waals surface area contributed by atoms with E-state index in [1.165, 1.54) is 4.57 Å². The van der Waals surface area contributed by atoms with Crippen molar-refractivity contribution in [1.82, 2.24) is 9.13 Å². The fourth-order valence-corrected chi connectivity index (χ4v) is 3.20. The first-order chi connectivity index (χ1) is 9.40. The van der Waals surface area contributed by atoms with Gasteiger partial charge in [-0.25, -0.2) is 4.57 Å². The fraction of sp³-hybridized carbons (Fsp3) is 0.375. The predicted octanol–water partition coefficient (Wildman–Crippen LogP) is 2.79. The second kappa shape index (κ2) is 3.95. The van der Waals surface area contributed by atoms with Crippen molar-refractivity contribution in [3.05, 3.63) is 39.1 Å². The van der Waals surface area contributed by atoms with Gasteiger partial charge in [-0.1, -0.05) is 6.92 Å². The minimum absolute atomic E-state index is 0.176. The van der Waals surface area contributed by atoms with Crippen LogP contribution in [0.1, 0.15) is 42.1 Å². The second-order valence-corrected chi connectivity index (χ2v) is 5.45. The number of carbonyl (C=O) groups is 1. The maximum absolute atomic E-state index is 12.7. The fourth-order valence-electron chi connectivity index (χ4n) is 3.20. The molecule has 1 aliphatic heterocycles. The summed E-state index contributed by atoms with van der Waals surface area (Å²) in [5.41, 5.74) is 4.22. The number of nitrogens with zero attached hydrogens (tertiary/aromatic N) is 2. The van der Waals surface area contributed by atoms with Crippen molar-refractivity contribution in [2.75, 3.05) is 0 Å². The Kier molecular flexibility index (Phi) is 2.55. The van der Waals surface area contributed by atoms with Crippen LogP contribution in [0.25, 0.3) is 16.3 Å². The average molecular weight is 270 g/mol. The summed E-state index contributed by atoms with van der Waals surface area (Å²) >= 11 is 0. The van der Waals surface area contributed by atoms with Gasteiger partial charge in [0.1, 0.15) is 0 Å². The van der Waals surface area contributed by atoms with Crippen LogP contribution in [-0.4, -0.2) is 15.0 Å². The lowest BCUT2D eigenvalue weighted by molar-refractivity contribution is 0.0958. The zero-order chi connectivity index (χ0) is 14.8. The van der Waals surface area contributed by atoms with Gasteiger partial charge < -0.3 is 4.57 Å². The zero-order valence-corrected chi connectivity index (χ0v) is 12.5. The molecule has 0 bridgehead atoms. The smallest absolute Gasteiger partial charge is 0.267 e. The zero-order valence-electron chi connectivity index (χ0n) is 12.5. The molecule has 0 saturated heterocycles. The number of hydrogen-bond acceptors (Lipinski definition) is 2. The Morgan fingerprint density at radius 3 is 2.35 bits per heavy atom. The molecule has 0 amide bonds. The Morgan fingerprint density at radius 1 is 1.10 bits per heavy atom. The highest BCUT2D eigenvalue weighted by molar-refractivity contribution is 6.09. The van der Waals surface area contributed by atoms with E-state index in [9.17, 15) is 9.59 Å². The van der Waals surface area contributed by atoms with E-state index in [1.807, 2.05) is 38.5 Å². The SMILES string of the molecule is CCC1=C(C)C(=O)n2c1cc1c(C)n(C)c(C)c1c2=O. The van der Waals surface area contributed by atoms with E-state index < -0.39 is 0 Å². The molecular weight excluding hydrogens is 252 g/mol. The number of hydrogen-bond donors (Lipinski definition) is 0. The molecule has 2 aromatic heterocycles. The van der Waals surface area contributed by atoms with Crippen molar-refractivity contribution in [3.8, 4) is 0 Å². The molecule has 0 unspecified atom stereocenters. The lowest BCUT2D eigenvalue weighted by Crippen LogP contribution is -2.26. The maximum atomic E-state index is 12.7. The molecule has 3 heterocycles. The van der Waals surface area contributed by atoms with E-state index in [1.54, 1.807) is 6.92 Å². The normalized spacial score (nSPS) is 14.6. The molecule has 2 aromatic rings. The van der Waals surface area contributed by atoms with Crippen LogP contribution in [-0.2, 0) is 7.05 Å². The van der Waals surface area contributed by atoms with Crippen molar-refractivity contribution >= 4 is 22.3 Å². The molecule has 0 fully saturated rings. The average Bonchev–Trinajstić information content (AvgIpc) is 2.79. The van der Waals surface area contributed by atoms with Crippen LogP contribution >= 0.6 is 0 Å². The van der Waals surface area contributed by atoms with Gasteiger partial charge in [0.15, 0.2) is 0 Å². The van der Waals surface area contributed by atoms with Gasteiger partial charge in [-0.05, 0) is 38.8 Å². The van der Waals surface area contributed by atoms with Gasteiger partial charge in [-0.2, -0.15) is 0 Å². The molecule has 20 heavy (non-hydrogen) atoms. The quantitative estimate of drug-likeness (QED) is 0.799. The number of carbonyl (C=O) groups excluding carboxylic acids is 1. The molecule has 0 aromatic carbocycles. The van der Waals surface area contributed by atoms with Crippen molar-refractivity contribution < 1.29 is 4.79 Å². The third-order valence-electron chi connectivity index (χ3n) is 4.61. The monoisotopic (exact) mass is 270 g/mol. The molecule has 1 aliphatic rings. The highest BCUT2D eigenvalue weighted by Gasteiger charge is 2.29. The molecule has 0 aliphatic carbocycles. The number of aryl methyl sites for hydroxylation is 2. The summed E-state index contributed by atoms with van der Waals surface area (Å²) < 4.78 is 3.34. The Balaban J connectivity index is 2.54. The summed E-state index contributed by atoms with van der Waals surface area (Å²) in [4.78, 5) is 25.1. The van der Waals surface area contributed by atoms with E-state index in [4.69, 9.17) is 0 Å². The number of fused-ring (bicyclic) bond motifs is 2. The molecule has 0 saturated carbocycles. The lowest BCUT2D eigenvalue weighted by Gasteiger charge is -2.05. The molecule has 4 nitrogen and oxygen atoms in total. The van der Waals surface area contributed by atoms with Crippen LogP contribution in [0.5, 0.6) is 0 Å². The molecule has 104 valence electrons. The number of rotatable bonds is 1. The van der Waals surface area contributed by atoms with Crippen molar-refractivity contribution in [2.24, 2.45) is 7.05 Å². The van der Waals surface area contributed by atoms with E-state index in [0.29, 0.717) is 11.0 Å². The Labute approximate surface area is 117 Å². The molecule has 3 rings (SSSR count). The topological polar surface area (TPSA) is 44.0 Å². The Hall–Kier alpha value is -2.10. The van der Waals surface area contributed by atoms with E-state index in [0.717, 1.165) is 34.5 Å². The summed E-state index contributed by atoms with van der Waals surface area (Å²) in [6, 6.07) is 1.99. The van der Waals surface area contributed by atoms with Gasteiger partial charge in [0.05, 0.1) is 11.1 Å². The van der Waals surface area contributed by atoms with Gasteiger partial charge >= 0.3 is 0 Å². The molecule has 0 radical (unpaired) electrons. The standard InChI is InChI=1S/C16H18N2O2/c1-6-11-8(2)15(19)18-13(11)7-12-9(3)17(5)10(4)14(12)16(18)20/h7H,6H2,1-5H3.